The Morgan fingerprint density at radius 3 is 2.88 bits per heavy atom. The normalized spacial score (nSPS) is 10.7. The van der Waals surface area contributed by atoms with Crippen LogP contribution in [-0.4, -0.2) is 26.1 Å². The fourth-order valence-electron chi connectivity index (χ4n) is 1.24. The van der Waals surface area contributed by atoms with Gasteiger partial charge in [0.15, 0.2) is 0 Å². The molecule has 5 nitrogen and oxygen atoms in total. The smallest absolute Gasteiger partial charge is 0.237 e. The van der Waals surface area contributed by atoms with Crippen molar-refractivity contribution in [3.05, 3.63) is 23.7 Å². The Morgan fingerprint density at radius 1 is 1.29 bits per heavy atom. The maximum Gasteiger partial charge on any atom is 0.237 e. The van der Waals surface area contributed by atoms with E-state index < -0.39 is 0 Å². The predicted octanol–water partition coefficient (Wildman–Crippen LogP) is 2.48. The van der Waals surface area contributed by atoms with Gasteiger partial charge in [-0.25, -0.2) is 0 Å². The molecule has 17 heavy (non-hydrogen) atoms. The molecule has 2 aromatic rings. The van der Waals surface area contributed by atoms with Crippen molar-refractivity contribution in [2.45, 2.75) is 26.0 Å². The second kappa shape index (κ2) is 5.77. The Morgan fingerprint density at radius 2 is 2.18 bits per heavy atom. The molecule has 0 spiro atoms. The first kappa shape index (κ1) is 12.0. The van der Waals surface area contributed by atoms with E-state index in [0.717, 1.165) is 23.6 Å². The van der Waals surface area contributed by atoms with Crippen molar-refractivity contribution in [3.63, 3.8) is 0 Å². The number of thioether (sulfide) groups is 1. The standard InChI is InChI=1S/C11H14N4OS/c1-3-6-17-7-10-12-11(15-16-10)9-5-4-8(2)13-14-9/h4-5H,3,6-7H2,1-2H3. The highest BCUT2D eigenvalue weighted by atomic mass is 32.2. The van der Waals surface area contributed by atoms with Gasteiger partial charge in [0.25, 0.3) is 0 Å². The second-order valence-corrected chi connectivity index (χ2v) is 4.73. The van der Waals surface area contributed by atoms with E-state index in [-0.39, 0.29) is 0 Å². The monoisotopic (exact) mass is 250 g/mol. The van der Waals surface area contributed by atoms with E-state index in [1.807, 2.05) is 19.1 Å². The van der Waals surface area contributed by atoms with Crippen molar-refractivity contribution in [2.75, 3.05) is 5.75 Å². The zero-order valence-corrected chi connectivity index (χ0v) is 10.7. The molecule has 0 aliphatic heterocycles. The highest BCUT2D eigenvalue weighted by molar-refractivity contribution is 7.98. The van der Waals surface area contributed by atoms with E-state index in [1.165, 1.54) is 0 Å². The summed E-state index contributed by atoms with van der Waals surface area (Å²) in [5.74, 6) is 2.99. The van der Waals surface area contributed by atoms with Gasteiger partial charge in [-0.2, -0.15) is 21.8 Å². The van der Waals surface area contributed by atoms with E-state index in [9.17, 15) is 0 Å². The summed E-state index contributed by atoms with van der Waals surface area (Å²) in [6.45, 7) is 4.04. The quantitative estimate of drug-likeness (QED) is 0.759. The minimum atomic E-state index is 0.504. The molecule has 2 heterocycles. The molecule has 0 N–H and O–H groups in total. The summed E-state index contributed by atoms with van der Waals surface area (Å²) in [4.78, 5) is 4.28. The molecule has 6 heteroatoms. The van der Waals surface area contributed by atoms with Crippen molar-refractivity contribution >= 4 is 11.8 Å². The van der Waals surface area contributed by atoms with Gasteiger partial charge in [0.1, 0.15) is 5.69 Å². The van der Waals surface area contributed by atoms with Gasteiger partial charge >= 0.3 is 0 Å². The fourth-order valence-corrected chi connectivity index (χ4v) is 1.96. The van der Waals surface area contributed by atoms with Gasteiger partial charge in [0.2, 0.25) is 11.7 Å². The zero-order valence-electron chi connectivity index (χ0n) is 9.88. The molecule has 0 amide bonds. The van der Waals surface area contributed by atoms with Gasteiger partial charge < -0.3 is 4.52 Å². The molecule has 90 valence electrons. The van der Waals surface area contributed by atoms with Crippen LogP contribution >= 0.6 is 11.8 Å². The van der Waals surface area contributed by atoms with E-state index in [1.54, 1.807) is 11.8 Å². The van der Waals surface area contributed by atoms with Crippen molar-refractivity contribution in [3.8, 4) is 11.5 Å². The number of rotatable bonds is 5. The van der Waals surface area contributed by atoms with Crippen LogP contribution in [0.15, 0.2) is 16.7 Å². The van der Waals surface area contributed by atoms with Crippen LogP contribution in [0.25, 0.3) is 11.5 Å². The highest BCUT2D eigenvalue weighted by Gasteiger charge is 2.09. The van der Waals surface area contributed by atoms with Crippen molar-refractivity contribution < 1.29 is 4.52 Å². The zero-order chi connectivity index (χ0) is 12.1. The molecule has 0 saturated carbocycles. The lowest BCUT2D eigenvalue weighted by atomic mass is 10.3. The van der Waals surface area contributed by atoms with Crippen molar-refractivity contribution in [1.82, 2.24) is 20.3 Å². The summed E-state index contributed by atoms with van der Waals surface area (Å²) >= 11 is 1.79. The summed E-state index contributed by atoms with van der Waals surface area (Å²) in [5, 5.41) is 11.9. The lowest BCUT2D eigenvalue weighted by Gasteiger charge is -1.93. The van der Waals surface area contributed by atoms with Crippen LogP contribution in [0.3, 0.4) is 0 Å². The van der Waals surface area contributed by atoms with E-state index in [2.05, 4.69) is 27.3 Å². The summed E-state index contributed by atoms with van der Waals surface area (Å²) < 4.78 is 5.15. The minimum Gasteiger partial charge on any atom is -0.338 e. The van der Waals surface area contributed by atoms with Crippen LogP contribution < -0.4 is 0 Å². The summed E-state index contributed by atoms with van der Waals surface area (Å²) in [6, 6.07) is 3.72. The Balaban J connectivity index is 2.04. The van der Waals surface area contributed by atoms with Gasteiger partial charge in [-0.3, -0.25) is 0 Å². The van der Waals surface area contributed by atoms with Crippen LogP contribution in [0.5, 0.6) is 0 Å². The SMILES string of the molecule is CCCSCc1nc(-c2ccc(C)nn2)no1. The largest absolute Gasteiger partial charge is 0.338 e. The molecule has 0 fully saturated rings. The van der Waals surface area contributed by atoms with E-state index >= 15 is 0 Å². The van der Waals surface area contributed by atoms with Crippen LogP contribution in [0, 0.1) is 6.92 Å². The molecular weight excluding hydrogens is 236 g/mol. The topological polar surface area (TPSA) is 64.7 Å². The number of hydrogen-bond donors (Lipinski definition) is 0. The molecule has 0 bridgehead atoms. The molecule has 0 saturated heterocycles. The Kier molecular flexibility index (Phi) is 4.08. The average Bonchev–Trinajstić information content (AvgIpc) is 2.79. The van der Waals surface area contributed by atoms with Crippen molar-refractivity contribution in [1.29, 1.82) is 0 Å². The van der Waals surface area contributed by atoms with Gasteiger partial charge in [0, 0.05) is 0 Å². The second-order valence-electron chi connectivity index (χ2n) is 3.62. The Bertz CT molecular complexity index is 469. The number of hydrogen-bond acceptors (Lipinski definition) is 6. The molecule has 2 rings (SSSR count). The van der Waals surface area contributed by atoms with Gasteiger partial charge in [-0.15, -0.1) is 5.10 Å². The van der Waals surface area contributed by atoms with Crippen LogP contribution in [0.4, 0.5) is 0 Å². The molecule has 0 aromatic carbocycles. The summed E-state index contributed by atoms with van der Waals surface area (Å²) in [5.41, 5.74) is 1.52. The maximum atomic E-state index is 5.15. The number of nitrogens with zero attached hydrogens (tertiary/aromatic N) is 4. The summed E-state index contributed by atoms with van der Waals surface area (Å²) in [6.07, 6.45) is 1.15. The maximum absolute atomic E-state index is 5.15. The molecule has 2 aromatic heterocycles. The molecular formula is C11H14N4OS. The number of aromatic nitrogens is 4. The minimum absolute atomic E-state index is 0.504. The van der Waals surface area contributed by atoms with Crippen LogP contribution in [-0.2, 0) is 5.75 Å². The Hall–Kier alpha value is -1.43. The van der Waals surface area contributed by atoms with Crippen molar-refractivity contribution in [2.24, 2.45) is 0 Å². The molecule has 0 radical (unpaired) electrons. The average molecular weight is 250 g/mol. The Labute approximate surface area is 104 Å². The van der Waals surface area contributed by atoms with E-state index in [0.29, 0.717) is 17.4 Å². The van der Waals surface area contributed by atoms with Gasteiger partial charge in [0.05, 0.1) is 11.4 Å². The molecule has 0 aliphatic carbocycles. The molecule has 0 aliphatic rings. The third-order valence-corrected chi connectivity index (χ3v) is 3.22. The highest BCUT2D eigenvalue weighted by Crippen LogP contribution is 2.16. The number of aryl methyl sites for hydroxylation is 1. The fraction of sp³-hybridized carbons (Fsp3) is 0.455. The lowest BCUT2D eigenvalue weighted by Crippen LogP contribution is -1.91. The lowest BCUT2D eigenvalue weighted by molar-refractivity contribution is 0.391. The predicted molar refractivity (Wildman–Crippen MR) is 66.5 cm³/mol. The van der Waals surface area contributed by atoms with Crippen LogP contribution in [0.1, 0.15) is 24.9 Å². The van der Waals surface area contributed by atoms with Crippen LogP contribution in [0.2, 0.25) is 0 Å². The first-order chi connectivity index (χ1) is 8.29. The summed E-state index contributed by atoms with van der Waals surface area (Å²) in [7, 11) is 0. The first-order valence-electron chi connectivity index (χ1n) is 5.50. The van der Waals surface area contributed by atoms with Gasteiger partial charge in [-0.05, 0) is 31.2 Å². The third kappa shape index (κ3) is 3.26. The molecule has 0 unspecified atom stereocenters. The first-order valence-corrected chi connectivity index (χ1v) is 6.66. The molecule has 0 atom stereocenters. The van der Waals surface area contributed by atoms with E-state index in [4.69, 9.17) is 4.52 Å². The van der Waals surface area contributed by atoms with Gasteiger partial charge in [-0.1, -0.05) is 12.1 Å². The third-order valence-electron chi connectivity index (χ3n) is 2.07.